The zero-order valence-electron chi connectivity index (χ0n) is 7.03. The fourth-order valence-corrected chi connectivity index (χ4v) is 1.28. The molecule has 0 radical (unpaired) electrons. The normalized spacial score (nSPS) is 10.5. The van der Waals surface area contributed by atoms with Crippen LogP contribution in [-0.2, 0) is 0 Å². The molecule has 0 aliphatic heterocycles. The molecule has 66 valence electrons. The van der Waals surface area contributed by atoms with Gasteiger partial charge in [-0.3, -0.25) is 4.98 Å². The molecule has 0 unspecified atom stereocenters. The third kappa shape index (κ3) is 1.16. The Bertz CT molecular complexity index is 473. The molecule has 13 heavy (non-hydrogen) atoms. The van der Waals surface area contributed by atoms with Gasteiger partial charge in [0.1, 0.15) is 11.1 Å². The van der Waals surface area contributed by atoms with Crippen LogP contribution in [0.4, 0.5) is 0 Å². The van der Waals surface area contributed by atoms with Crippen LogP contribution >= 0.6 is 0 Å². The van der Waals surface area contributed by atoms with Crippen molar-refractivity contribution in [2.24, 2.45) is 0 Å². The summed E-state index contributed by atoms with van der Waals surface area (Å²) >= 11 is 0. The molecule has 2 aromatic heterocycles. The summed E-state index contributed by atoms with van der Waals surface area (Å²) in [5.74, 6) is -0.956. The van der Waals surface area contributed by atoms with E-state index in [0.29, 0.717) is 5.52 Å². The molecule has 4 heteroatoms. The molecule has 0 bridgehead atoms. The topological polar surface area (TPSA) is 66.0 Å². The summed E-state index contributed by atoms with van der Waals surface area (Å²) in [4.78, 5) is 17.6. The molecule has 4 nitrogen and oxygen atoms in total. The lowest BCUT2D eigenvalue weighted by molar-refractivity contribution is 0.0699. The Morgan fingerprint density at radius 2 is 2.38 bits per heavy atom. The summed E-state index contributed by atoms with van der Waals surface area (Å²) in [6, 6.07) is 1.87. The Morgan fingerprint density at radius 1 is 1.62 bits per heavy atom. The number of fused-ring (bicyclic) bond motifs is 1. The molecule has 0 spiro atoms. The van der Waals surface area contributed by atoms with Crippen molar-refractivity contribution >= 4 is 17.0 Å². The van der Waals surface area contributed by atoms with E-state index < -0.39 is 5.97 Å². The van der Waals surface area contributed by atoms with Gasteiger partial charge in [0.25, 0.3) is 0 Å². The van der Waals surface area contributed by atoms with Crippen LogP contribution in [0.15, 0.2) is 18.5 Å². The fraction of sp³-hybridized carbons (Fsp3) is 0.111. The number of carbonyl (C=O) groups is 1. The monoisotopic (exact) mass is 176 g/mol. The van der Waals surface area contributed by atoms with Crippen molar-refractivity contribution in [1.29, 1.82) is 0 Å². The van der Waals surface area contributed by atoms with Gasteiger partial charge in [-0.05, 0) is 18.6 Å². The van der Waals surface area contributed by atoms with Crippen LogP contribution in [0.3, 0.4) is 0 Å². The van der Waals surface area contributed by atoms with Crippen LogP contribution in [0.25, 0.3) is 11.0 Å². The SMILES string of the molecule is Cc1cnc2c(C(=O)O)c[nH]c2c1. The number of nitrogens with zero attached hydrogens (tertiary/aromatic N) is 1. The second-order valence-electron chi connectivity index (χ2n) is 2.92. The van der Waals surface area contributed by atoms with Crippen LogP contribution < -0.4 is 0 Å². The number of aryl methyl sites for hydroxylation is 1. The lowest BCUT2D eigenvalue weighted by atomic mass is 10.2. The Kier molecular flexibility index (Phi) is 1.55. The number of hydrogen-bond donors (Lipinski definition) is 2. The van der Waals surface area contributed by atoms with Crippen LogP contribution in [0, 0.1) is 6.92 Å². The van der Waals surface area contributed by atoms with Crippen LogP contribution in [0.1, 0.15) is 15.9 Å². The smallest absolute Gasteiger partial charge is 0.339 e. The molecular formula is C9H8N2O2. The van der Waals surface area contributed by atoms with E-state index in [2.05, 4.69) is 9.97 Å². The highest BCUT2D eigenvalue weighted by Gasteiger charge is 2.10. The average molecular weight is 176 g/mol. The molecule has 0 fully saturated rings. The van der Waals surface area contributed by atoms with E-state index in [0.717, 1.165) is 11.1 Å². The number of aromatic carboxylic acids is 1. The van der Waals surface area contributed by atoms with Crippen molar-refractivity contribution in [2.75, 3.05) is 0 Å². The second kappa shape index (κ2) is 2.58. The van der Waals surface area contributed by atoms with Crippen LogP contribution in [0.2, 0.25) is 0 Å². The summed E-state index contributed by atoms with van der Waals surface area (Å²) < 4.78 is 0. The predicted octanol–water partition coefficient (Wildman–Crippen LogP) is 1.57. The molecule has 0 aromatic carbocycles. The number of pyridine rings is 1. The molecule has 2 rings (SSSR count). The number of rotatable bonds is 1. The first-order chi connectivity index (χ1) is 6.18. The van der Waals surface area contributed by atoms with Crippen LogP contribution in [-0.4, -0.2) is 21.0 Å². The van der Waals surface area contributed by atoms with Crippen LogP contribution in [0.5, 0.6) is 0 Å². The van der Waals surface area contributed by atoms with Crippen molar-refractivity contribution in [1.82, 2.24) is 9.97 Å². The molecule has 0 aliphatic carbocycles. The van der Waals surface area contributed by atoms with Gasteiger partial charge in [-0.25, -0.2) is 4.79 Å². The van der Waals surface area contributed by atoms with Gasteiger partial charge >= 0.3 is 5.97 Å². The Hall–Kier alpha value is -1.84. The minimum Gasteiger partial charge on any atom is -0.478 e. The number of aromatic nitrogens is 2. The van der Waals surface area contributed by atoms with E-state index in [1.54, 1.807) is 6.20 Å². The van der Waals surface area contributed by atoms with Crippen molar-refractivity contribution in [3.8, 4) is 0 Å². The van der Waals surface area contributed by atoms with Crippen molar-refractivity contribution < 1.29 is 9.90 Å². The van der Waals surface area contributed by atoms with Gasteiger partial charge in [-0.2, -0.15) is 0 Å². The van der Waals surface area contributed by atoms with Gasteiger partial charge in [-0.1, -0.05) is 0 Å². The van der Waals surface area contributed by atoms with Gasteiger partial charge in [0, 0.05) is 12.4 Å². The Labute approximate surface area is 74.2 Å². The Morgan fingerprint density at radius 3 is 3.08 bits per heavy atom. The van der Waals surface area contributed by atoms with Gasteiger partial charge in [0.2, 0.25) is 0 Å². The molecule has 2 aromatic rings. The second-order valence-corrected chi connectivity index (χ2v) is 2.92. The zero-order chi connectivity index (χ0) is 9.42. The first-order valence-corrected chi connectivity index (χ1v) is 3.85. The Balaban J connectivity index is 2.76. The first-order valence-electron chi connectivity index (χ1n) is 3.85. The van der Waals surface area contributed by atoms with Gasteiger partial charge in [0.05, 0.1) is 5.52 Å². The number of aromatic amines is 1. The maximum Gasteiger partial charge on any atom is 0.339 e. The highest BCUT2D eigenvalue weighted by molar-refractivity contribution is 6.01. The summed E-state index contributed by atoms with van der Waals surface area (Å²) in [6.45, 7) is 1.91. The zero-order valence-corrected chi connectivity index (χ0v) is 7.03. The first kappa shape index (κ1) is 7.79. The average Bonchev–Trinajstić information content (AvgIpc) is 2.46. The molecule has 0 saturated carbocycles. The highest BCUT2D eigenvalue weighted by Crippen LogP contribution is 2.16. The van der Waals surface area contributed by atoms with E-state index in [-0.39, 0.29) is 5.56 Å². The number of carboxylic acid groups (broad SMARTS) is 1. The molecule has 0 saturated heterocycles. The molecular weight excluding hydrogens is 168 g/mol. The molecule has 0 aliphatic rings. The summed E-state index contributed by atoms with van der Waals surface area (Å²) in [7, 11) is 0. The minimum absolute atomic E-state index is 0.218. The third-order valence-corrected chi connectivity index (χ3v) is 1.88. The van der Waals surface area contributed by atoms with Crippen molar-refractivity contribution in [3.05, 3.63) is 29.6 Å². The quantitative estimate of drug-likeness (QED) is 0.693. The molecule has 2 heterocycles. The summed E-state index contributed by atoms with van der Waals surface area (Å²) in [5, 5.41) is 8.78. The number of hydrogen-bond acceptors (Lipinski definition) is 2. The van der Waals surface area contributed by atoms with Gasteiger partial charge in [-0.15, -0.1) is 0 Å². The van der Waals surface area contributed by atoms with Gasteiger partial charge < -0.3 is 10.1 Å². The predicted molar refractivity (Wildman–Crippen MR) is 47.8 cm³/mol. The number of carboxylic acids is 1. The van der Waals surface area contributed by atoms with E-state index in [4.69, 9.17) is 5.11 Å². The highest BCUT2D eigenvalue weighted by atomic mass is 16.4. The number of nitrogens with one attached hydrogen (secondary N) is 1. The fourth-order valence-electron chi connectivity index (χ4n) is 1.28. The van der Waals surface area contributed by atoms with Crippen molar-refractivity contribution in [3.63, 3.8) is 0 Å². The lowest BCUT2D eigenvalue weighted by Gasteiger charge is -1.92. The molecule has 0 amide bonds. The largest absolute Gasteiger partial charge is 0.478 e. The maximum absolute atomic E-state index is 10.7. The van der Waals surface area contributed by atoms with E-state index >= 15 is 0 Å². The van der Waals surface area contributed by atoms with Gasteiger partial charge in [0.15, 0.2) is 0 Å². The maximum atomic E-state index is 10.7. The van der Waals surface area contributed by atoms with Crippen molar-refractivity contribution in [2.45, 2.75) is 6.92 Å². The van der Waals surface area contributed by atoms with E-state index in [9.17, 15) is 4.79 Å². The third-order valence-electron chi connectivity index (χ3n) is 1.88. The number of H-pyrrole nitrogens is 1. The minimum atomic E-state index is -0.956. The molecule has 2 N–H and O–H groups in total. The summed E-state index contributed by atoms with van der Waals surface area (Å²) in [5.41, 5.74) is 2.50. The lowest BCUT2D eigenvalue weighted by Crippen LogP contribution is -1.94. The molecule has 0 atom stereocenters. The summed E-state index contributed by atoms with van der Waals surface area (Å²) in [6.07, 6.45) is 3.11. The van der Waals surface area contributed by atoms with E-state index in [1.165, 1.54) is 6.20 Å². The standard InChI is InChI=1S/C9H8N2O2/c1-5-2-7-8(11-3-5)6(4-10-7)9(12)13/h2-4,10H,1H3,(H,12,13). The van der Waals surface area contributed by atoms with E-state index in [1.807, 2.05) is 13.0 Å².